The maximum absolute atomic E-state index is 10.3. The summed E-state index contributed by atoms with van der Waals surface area (Å²) < 4.78 is 5.88. The molecule has 18 heavy (non-hydrogen) atoms. The number of aromatic nitrogens is 1. The Balaban J connectivity index is 2.40. The summed E-state index contributed by atoms with van der Waals surface area (Å²) in [5, 5.41) is 10.9. The molecule has 2 rings (SSSR count). The van der Waals surface area contributed by atoms with Crippen LogP contribution in [0.2, 0.25) is 5.02 Å². The van der Waals surface area contributed by atoms with Gasteiger partial charge in [0.2, 0.25) is 0 Å². The monoisotopic (exact) mass is 327 g/mol. The number of hydrogen-bond acceptors (Lipinski definition) is 3. The second-order valence-electron chi connectivity index (χ2n) is 3.73. The van der Waals surface area contributed by atoms with Crippen LogP contribution in [0.25, 0.3) is 0 Å². The molecule has 1 heterocycles. The minimum Gasteiger partial charge on any atom is -0.495 e. The first kappa shape index (κ1) is 13.3. The third-order valence-electron chi connectivity index (χ3n) is 2.54. The molecular weight excluding hydrogens is 318 g/mol. The van der Waals surface area contributed by atoms with Gasteiger partial charge in [0.25, 0.3) is 0 Å². The maximum atomic E-state index is 10.3. The van der Waals surface area contributed by atoms with Gasteiger partial charge in [0, 0.05) is 26.8 Å². The van der Waals surface area contributed by atoms with E-state index in [0.717, 1.165) is 4.47 Å². The highest BCUT2D eigenvalue weighted by Crippen LogP contribution is 2.31. The van der Waals surface area contributed by atoms with Crippen LogP contribution in [0, 0.1) is 0 Å². The number of aliphatic hydroxyl groups is 1. The number of benzene rings is 1. The largest absolute Gasteiger partial charge is 0.495 e. The van der Waals surface area contributed by atoms with E-state index < -0.39 is 6.10 Å². The van der Waals surface area contributed by atoms with Crippen LogP contribution >= 0.6 is 27.5 Å². The molecule has 0 fully saturated rings. The van der Waals surface area contributed by atoms with Crippen LogP contribution in [-0.2, 0) is 0 Å². The van der Waals surface area contributed by atoms with Crippen molar-refractivity contribution in [1.29, 1.82) is 0 Å². The van der Waals surface area contributed by atoms with Crippen molar-refractivity contribution in [2.75, 3.05) is 7.11 Å². The highest BCUT2D eigenvalue weighted by molar-refractivity contribution is 9.10. The fourth-order valence-electron chi connectivity index (χ4n) is 1.60. The van der Waals surface area contributed by atoms with Gasteiger partial charge in [-0.15, -0.1) is 0 Å². The minimum absolute atomic E-state index is 0.572. The van der Waals surface area contributed by atoms with Crippen molar-refractivity contribution in [3.8, 4) is 5.75 Å². The summed E-state index contributed by atoms with van der Waals surface area (Å²) in [4.78, 5) is 4.02. The number of halogens is 2. The van der Waals surface area contributed by atoms with Crippen molar-refractivity contribution in [2.24, 2.45) is 0 Å². The van der Waals surface area contributed by atoms with Gasteiger partial charge < -0.3 is 9.84 Å². The van der Waals surface area contributed by atoms with Gasteiger partial charge in [-0.1, -0.05) is 27.5 Å². The zero-order chi connectivity index (χ0) is 13.1. The second-order valence-corrected chi connectivity index (χ2v) is 5.02. The van der Waals surface area contributed by atoms with Crippen LogP contribution in [0.15, 0.2) is 41.1 Å². The summed E-state index contributed by atoms with van der Waals surface area (Å²) in [6, 6.07) is 7.01. The molecule has 2 aromatic rings. The second kappa shape index (κ2) is 5.69. The van der Waals surface area contributed by atoms with Crippen LogP contribution in [-0.4, -0.2) is 17.2 Å². The Hall–Kier alpha value is -1.10. The fraction of sp³-hybridized carbons (Fsp3) is 0.154. The van der Waals surface area contributed by atoms with E-state index in [2.05, 4.69) is 20.9 Å². The van der Waals surface area contributed by atoms with Crippen molar-refractivity contribution in [2.45, 2.75) is 6.10 Å². The number of ether oxygens (including phenoxy) is 1. The van der Waals surface area contributed by atoms with E-state index in [9.17, 15) is 5.11 Å². The quantitative estimate of drug-likeness (QED) is 0.936. The normalized spacial score (nSPS) is 12.2. The summed E-state index contributed by atoms with van der Waals surface area (Å²) in [7, 11) is 1.56. The SMILES string of the molecule is COc1cncc(C(O)c2cc(Cl)ccc2Br)c1. The van der Waals surface area contributed by atoms with Gasteiger partial charge in [-0.25, -0.2) is 0 Å². The molecule has 0 aliphatic carbocycles. The molecule has 0 spiro atoms. The number of nitrogens with zero attached hydrogens (tertiary/aromatic N) is 1. The number of methoxy groups -OCH3 is 1. The lowest BCUT2D eigenvalue weighted by Gasteiger charge is -2.14. The third kappa shape index (κ3) is 2.83. The van der Waals surface area contributed by atoms with Gasteiger partial charge in [0.15, 0.2) is 0 Å². The molecule has 0 radical (unpaired) electrons. The first-order valence-electron chi connectivity index (χ1n) is 5.24. The lowest BCUT2D eigenvalue weighted by Crippen LogP contribution is -2.02. The number of rotatable bonds is 3. The van der Waals surface area contributed by atoms with Gasteiger partial charge in [-0.3, -0.25) is 4.98 Å². The molecule has 1 aromatic carbocycles. The molecule has 94 valence electrons. The molecule has 0 bridgehead atoms. The Morgan fingerprint density at radius 3 is 2.83 bits per heavy atom. The molecule has 0 saturated heterocycles. The molecule has 1 atom stereocenters. The van der Waals surface area contributed by atoms with Crippen LogP contribution in [0.1, 0.15) is 17.2 Å². The van der Waals surface area contributed by atoms with Gasteiger partial charge in [0.1, 0.15) is 11.9 Å². The van der Waals surface area contributed by atoms with Crippen molar-refractivity contribution >= 4 is 27.5 Å². The average Bonchev–Trinajstić information content (AvgIpc) is 2.41. The Morgan fingerprint density at radius 2 is 2.11 bits per heavy atom. The molecule has 1 N–H and O–H groups in total. The Morgan fingerprint density at radius 1 is 1.33 bits per heavy atom. The Bertz CT molecular complexity index is 562. The smallest absolute Gasteiger partial charge is 0.137 e. The number of aliphatic hydroxyl groups excluding tert-OH is 1. The number of hydrogen-bond donors (Lipinski definition) is 1. The van der Waals surface area contributed by atoms with E-state index in [-0.39, 0.29) is 0 Å². The lowest BCUT2D eigenvalue weighted by molar-refractivity contribution is 0.218. The van der Waals surface area contributed by atoms with E-state index in [1.807, 2.05) is 0 Å². The molecule has 0 aliphatic heterocycles. The van der Waals surface area contributed by atoms with Crippen molar-refractivity contribution < 1.29 is 9.84 Å². The summed E-state index contributed by atoms with van der Waals surface area (Å²) in [6.45, 7) is 0. The van der Waals surface area contributed by atoms with Crippen LogP contribution in [0.4, 0.5) is 0 Å². The standard InChI is InChI=1S/C13H11BrClNO2/c1-18-10-4-8(6-16-7-10)13(17)11-5-9(15)2-3-12(11)14/h2-7,13,17H,1H3. The van der Waals surface area contributed by atoms with Crippen molar-refractivity contribution in [3.63, 3.8) is 0 Å². The van der Waals surface area contributed by atoms with Gasteiger partial charge in [-0.2, -0.15) is 0 Å². The predicted octanol–water partition coefficient (Wildman–Crippen LogP) is 3.59. The Labute approximate surface area is 119 Å². The summed E-state index contributed by atoms with van der Waals surface area (Å²) in [5.74, 6) is 0.602. The average molecular weight is 329 g/mol. The molecule has 1 aromatic heterocycles. The first-order chi connectivity index (χ1) is 8.61. The molecular formula is C13H11BrClNO2. The highest BCUT2D eigenvalue weighted by atomic mass is 79.9. The van der Waals surface area contributed by atoms with E-state index in [1.165, 1.54) is 0 Å². The topological polar surface area (TPSA) is 42.4 Å². The minimum atomic E-state index is -0.805. The summed E-state index contributed by atoms with van der Waals surface area (Å²) in [6.07, 6.45) is 2.38. The van der Waals surface area contributed by atoms with Crippen molar-refractivity contribution in [1.82, 2.24) is 4.98 Å². The molecule has 3 nitrogen and oxygen atoms in total. The first-order valence-corrected chi connectivity index (χ1v) is 6.41. The van der Waals surface area contributed by atoms with Gasteiger partial charge >= 0.3 is 0 Å². The summed E-state index contributed by atoms with van der Waals surface area (Å²) in [5.41, 5.74) is 1.34. The molecule has 1 unspecified atom stereocenters. The van der Waals surface area contributed by atoms with Gasteiger partial charge in [-0.05, 0) is 24.3 Å². The van der Waals surface area contributed by atoms with E-state index in [0.29, 0.717) is 21.9 Å². The van der Waals surface area contributed by atoms with E-state index in [1.54, 1.807) is 43.8 Å². The summed E-state index contributed by atoms with van der Waals surface area (Å²) >= 11 is 9.33. The van der Waals surface area contributed by atoms with Gasteiger partial charge in [0.05, 0.1) is 13.3 Å². The lowest BCUT2D eigenvalue weighted by atomic mass is 10.0. The molecule has 0 aliphatic rings. The zero-order valence-corrected chi connectivity index (χ0v) is 11.9. The van der Waals surface area contributed by atoms with Crippen LogP contribution in [0.5, 0.6) is 5.75 Å². The molecule has 5 heteroatoms. The van der Waals surface area contributed by atoms with Crippen LogP contribution < -0.4 is 4.74 Å². The van der Waals surface area contributed by atoms with E-state index in [4.69, 9.17) is 16.3 Å². The molecule has 0 saturated carbocycles. The Kier molecular flexibility index (Phi) is 4.22. The van der Waals surface area contributed by atoms with E-state index >= 15 is 0 Å². The maximum Gasteiger partial charge on any atom is 0.137 e. The third-order valence-corrected chi connectivity index (χ3v) is 3.50. The molecule has 0 amide bonds. The number of pyridine rings is 1. The van der Waals surface area contributed by atoms with Crippen molar-refractivity contribution in [3.05, 3.63) is 57.3 Å². The van der Waals surface area contributed by atoms with Crippen LogP contribution in [0.3, 0.4) is 0 Å². The fourth-order valence-corrected chi connectivity index (χ4v) is 2.24. The predicted molar refractivity (Wildman–Crippen MR) is 74.0 cm³/mol. The highest BCUT2D eigenvalue weighted by Gasteiger charge is 2.15. The zero-order valence-electron chi connectivity index (χ0n) is 9.60.